The Bertz CT molecular complexity index is 351. The molecule has 0 spiro atoms. The molecule has 0 aliphatic heterocycles. The van der Waals surface area contributed by atoms with E-state index in [4.69, 9.17) is 5.11 Å². The molecule has 88 valence electrons. The molecule has 4 heteroatoms. The van der Waals surface area contributed by atoms with E-state index in [-0.39, 0.29) is 18.6 Å². The van der Waals surface area contributed by atoms with Gasteiger partial charge in [-0.15, -0.1) is 11.8 Å². The van der Waals surface area contributed by atoms with Gasteiger partial charge < -0.3 is 10.0 Å². The Morgan fingerprint density at radius 1 is 1.44 bits per heavy atom. The number of hydrogen-bond donors (Lipinski definition) is 1. The highest BCUT2D eigenvalue weighted by atomic mass is 32.2. The first-order valence-electron chi connectivity index (χ1n) is 5.12. The molecule has 16 heavy (non-hydrogen) atoms. The summed E-state index contributed by atoms with van der Waals surface area (Å²) >= 11 is 1.64. The number of nitrogens with zero attached hydrogens (tertiary/aromatic N) is 1. The van der Waals surface area contributed by atoms with Crippen LogP contribution in [0.15, 0.2) is 29.2 Å². The van der Waals surface area contributed by atoms with E-state index in [1.165, 1.54) is 0 Å². The predicted octanol–water partition coefficient (Wildman–Crippen LogP) is 1.86. The molecule has 1 rings (SSSR count). The van der Waals surface area contributed by atoms with E-state index in [0.29, 0.717) is 5.56 Å². The van der Waals surface area contributed by atoms with E-state index in [9.17, 15) is 4.79 Å². The standard InChI is InChI=1S/C12H17NO2S/c1-9(8-14)13(2)12(15)10-4-6-11(16-3)7-5-10/h4-7,9,14H,8H2,1-3H3. The van der Waals surface area contributed by atoms with Crippen molar-refractivity contribution >= 4 is 17.7 Å². The molecule has 0 bridgehead atoms. The zero-order valence-corrected chi connectivity index (χ0v) is 10.6. The maximum atomic E-state index is 12.0. The van der Waals surface area contributed by atoms with Crippen LogP contribution in [0.2, 0.25) is 0 Å². The van der Waals surface area contributed by atoms with Gasteiger partial charge in [-0.25, -0.2) is 0 Å². The molecular formula is C12H17NO2S. The molecule has 1 atom stereocenters. The molecule has 0 aliphatic carbocycles. The summed E-state index contributed by atoms with van der Waals surface area (Å²) in [6, 6.07) is 7.32. The smallest absolute Gasteiger partial charge is 0.253 e. The molecule has 0 saturated carbocycles. The molecule has 0 aliphatic rings. The molecule has 1 aromatic rings. The third-order valence-electron chi connectivity index (χ3n) is 2.58. The Morgan fingerprint density at radius 3 is 2.44 bits per heavy atom. The fraction of sp³-hybridized carbons (Fsp3) is 0.417. The average Bonchev–Trinajstić information content (AvgIpc) is 2.36. The second-order valence-electron chi connectivity index (χ2n) is 3.68. The molecule has 1 unspecified atom stereocenters. The van der Waals surface area contributed by atoms with Crippen molar-refractivity contribution < 1.29 is 9.90 Å². The zero-order chi connectivity index (χ0) is 12.1. The summed E-state index contributed by atoms with van der Waals surface area (Å²) < 4.78 is 0. The highest BCUT2D eigenvalue weighted by molar-refractivity contribution is 7.98. The Hall–Kier alpha value is -1.00. The zero-order valence-electron chi connectivity index (χ0n) is 9.80. The lowest BCUT2D eigenvalue weighted by Crippen LogP contribution is -2.37. The summed E-state index contributed by atoms with van der Waals surface area (Å²) in [5.74, 6) is -0.0609. The van der Waals surface area contributed by atoms with Gasteiger partial charge >= 0.3 is 0 Å². The lowest BCUT2D eigenvalue weighted by atomic mass is 10.2. The quantitative estimate of drug-likeness (QED) is 0.815. The topological polar surface area (TPSA) is 40.5 Å². The minimum absolute atomic E-state index is 0.0227. The number of rotatable bonds is 4. The first-order chi connectivity index (χ1) is 7.60. The maximum Gasteiger partial charge on any atom is 0.253 e. The fourth-order valence-electron chi connectivity index (χ4n) is 1.26. The van der Waals surface area contributed by atoms with Crippen molar-refractivity contribution in [3.63, 3.8) is 0 Å². The van der Waals surface area contributed by atoms with Crippen molar-refractivity contribution in [1.82, 2.24) is 4.90 Å². The molecule has 1 N–H and O–H groups in total. The lowest BCUT2D eigenvalue weighted by Gasteiger charge is -2.23. The van der Waals surface area contributed by atoms with Crippen LogP contribution < -0.4 is 0 Å². The number of thioether (sulfide) groups is 1. The van der Waals surface area contributed by atoms with E-state index in [0.717, 1.165) is 4.90 Å². The number of carbonyl (C=O) groups is 1. The van der Waals surface area contributed by atoms with Crippen LogP contribution in [0.4, 0.5) is 0 Å². The van der Waals surface area contributed by atoms with E-state index in [2.05, 4.69) is 0 Å². The third kappa shape index (κ3) is 3.00. The van der Waals surface area contributed by atoms with Crippen LogP contribution in [0.25, 0.3) is 0 Å². The third-order valence-corrected chi connectivity index (χ3v) is 3.33. The van der Waals surface area contributed by atoms with Crippen LogP contribution in [0.3, 0.4) is 0 Å². The highest BCUT2D eigenvalue weighted by Gasteiger charge is 2.16. The van der Waals surface area contributed by atoms with Gasteiger partial charge in [0, 0.05) is 17.5 Å². The van der Waals surface area contributed by atoms with Crippen molar-refractivity contribution in [2.75, 3.05) is 19.9 Å². The van der Waals surface area contributed by atoms with Crippen molar-refractivity contribution in [2.45, 2.75) is 17.9 Å². The Kier molecular flexibility index (Phi) is 4.83. The summed E-state index contributed by atoms with van der Waals surface area (Å²) in [5, 5.41) is 8.99. The molecule has 0 heterocycles. The van der Waals surface area contributed by atoms with E-state index >= 15 is 0 Å². The summed E-state index contributed by atoms with van der Waals surface area (Å²) in [6.07, 6.45) is 2.00. The SMILES string of the molecule is CSc1ccc(C(=O)N(C)C(C)CO)cc1. The number of benzene rings is 1. The van der Waals surface area contributed by atoms with Gasteiger partial charge in [0.05, 0.1) is 12.6 Å². The number of carbonyl (C=O) groups excluding carboxylic acids is 1. The molecule has 1 amide bonds. The normalized spacial score (nSPS) is 12.2. The summed E-state index contributed by atoms with van der Waals surface area (Å²) in [6.45, 7) is 1.79. The van der Waals surface area contributed by atoms with Crippen LogP contribution in [-0.2, 0) is 0 Å². The second kappa shape index (κ2) is 5.92. The molecule has 0 saturated heterocycles. The minimum Gasteiger partial charge on any atom is -0.394 e. The Morgan fingerprint density at radius 2 is 2.00 bits per heavy atom. The lowest BCUT2D eigenvalue weighted by molar-refractivity contribution is 0.0682. The minimum atomic E-state index is -0.160. The van der Waals surface area contributed by atoms with Crippen LogP contribution >= 0.6 is 11.8 Å². The summed E-state index contributed by atoms with van der Waals surface area (Å²) in [5.41, 5.74) is 0.653. The van der Waals surface area contributed by atoms with Gasteiger partial charge in [0.1, 0.15) is 0 Å². The molecule has 1 aromatic carbocycles. The number of amides is 1. The monoisotopic (exact) mass is 239 g/mol. The molecule has 0 radical (unpaired) electrons. The highest BCUT2D eigenvalue weighted by Crippen LogP contribution is 2.16. The van der Waals surface area contributed by atoms with Crippen molar-refractivity contribution in [1.29, 1.82) is 0 Å². The predicted molar refractivity (Wildman–Crippen MR) is 66.9 cm³/mol. The van der Waals surface area contributed by atoms with Gasteiger partial charge in [-0.05, 0) is 37.4 Å². The van der Waals surface area contributed by atoms with E-state index in [1.54, 1.807) is 23.7 Å². The van der Waals surface area contributed by atoms with Gasteiger partial charge in [-0.1, -0.05) is 0 Å². The van der Waals surface area contributed by atoms with Crippen LogP contribution in [0.5, 0.6) is 0 Å². The van der Waals surface area contributed by atoms with Gasteiger partial charge in [0.25, 0.3) is 5.91 Å². The van der Waals surface area contributed by atoms with Crippen LogP contribution in [0.1, 0.15) is 17.3 Å². The first kappa shape index (κ1) is 13.1. The van der Waals surface area contributed by atoms with Crippen molar-refractivity contribution in [3.8, 4) is 0 Å². The van der Waals surface area contributed by atoms with Crippen LogP contribution in [-0.4, -0.2) is 41.9 Å². The molecule has 0 aromatic heterocycles. The number of hydrogen-bond acceptors (Lipinski definition) is 3. The first-order valence-corrected chi connectivity index (χ1v) is 6.34. The summed E-state index contributed by atoms with van der Waals surface area (Å²) in [7, 11) is 1.70. The molecular weight excluding hydrogens is 222 g/mol. The Balaban J connectivity index is 2.80. The van der Waals surface area contributed by atoms with Crippen molar-refractivity contribution in [2.24, 2.45) is 0 Å². The molecule has 3 nitrogen and oxygen atoms in total. The maximum absolute atomic E-state index is 12.0. The van der Waals surface area contributed by atoms with Gasteiger partial charge in [0.15, 0.2) is 0 Å². The summed E-state index contributed by atoms with van der Waals surface area (Å²) in [4.78, 5) is 14.6. The van der Waals surface area contributed by atoms with Crippen LogP contribution in [0, 0.1) is 0 Å². The van der Waals surface area contributed by atoms with Gasteiger partial charge in [0.2, 0.25) is 0 Å². The Labute approximate surface area is 100 Å². The van der Waals surface area contributed by atoms with Crippen molar-refractivity contribution in [3.05, 3.63) is 29.8 Å². The number of aliphatic hydroxyl groups excluding tert-OH is 1. The van der Waals surface area contributed by atoms with E-state index in [1.807, 2.05) is 37.4 Å². The van der Waals surface area contributed by atoms with E-state index < -0.39 is 0 Å². The molecule has 0 fully saturated rings. The van der Waals surface area contributed by atoms with Gasteiger partial charge in [-0.3, -0.25) is 4.79 Å². The van der Waals surface area contributed by atoms with Gasteiger partial charge in [-0.2, -0.15) is 0 Å². The average molecular weight is 239 g/mol. The number of likely N-dealkylation sites (N-methyl/N-ethyl adjacent to an activating group) is 1. The second-order valence-corrected chi connectivity index (χ2v) is 4.56. The number of aliphatic hydroxyl groups is 1. The largest absolute Gasteiger partial charge is 0.394 e. The fourth-order valence-corrected chi connectivity index (χ4v) is 1.67.